The van der Waals surface area contributed by atoms with Gasteiger partial charge in [-0.25, -0.2) is 9.50 Å². The lowest BCUT2D eigenvalue weighted by atomic mass is 9.89. The Labute approximate surface area is 164 Å². The fourth-order valence-corrected chi connectivity index (χ4v) is 3.15. The lowest BCUT2D eigenvalue weighted by Gasteiger charge is -2.19. The number of carbonyl (C=O) groups is 2. The summed E-state index contributed by atoms with van der Waals surface area (Å²) in [6, 6.07) is 8.83. The maximum Gasteiger partial charge on any atom is 0.295 e. The minimum atomic E-state index is -0.436. The van der Waals surface area contributed by atoms with Crippen molar-refractivity contribution < 1.29 is 9.59 Å². The van der Waals surface area contributed by atoms with Gasteiger partial charge in [0, 0.05) is 23.6 Å². The van der Waals surface area contributed by atoms with Crippen LogP contribution in [-0.2, 0) is 4.79 Å². The number of nitrogens with one attached hydrogen (secondary N) is 1. The van der Waals surface area contributed by atoms with Crippen molar-refractivity contribution in [3.05, 3.63) is 84.0 Å². The number of fused-ring (bicyclic) bond motifs is 2. The Bertz CT molecular complexity index is 1230. The van der Waals surface area contributed by atoms with Crippen LogP contribution in [0.25, 0.3) is 11.5 Å². The minimum Gasteiger partial charge on any atom is -0.319 e. The van der Waals surface area contributed by atoms with Crippen LogP contribution < -0.4 is 5.32 Å². The number of carbonyl (C=O) groups excluding carboxylic acids is 2. The maximum absolute atomic E-state index is 12.4. The molecule has 1 unspecified atom stereocenters. The molecule has 0 bridgehead atoms. The zero-order valence-electron chi connectivity index (χ0n) is 14.9. The summed E-state index contributed by atoms with van der Waals surface area (Å²) >= 11 is 0. The van der Waals surface area contributed by atoms with Crippen LogP contribution in [0.1, 0.15) is 16.2 Å². The van der Waals surface area contributed by atoms with Gasteiger partial charge in [0.2, 0.25) is 5.82 Å². The van der Waals surface area contributed by atoms with E-state index in [0.717, 1.165) is 11.1 Å². The van der Waals surface area contributed by atoms with Gasteiger partial charge in [-0.15, -0.1) is 15.3 Å². The number of aromatic nitrogens is 4. The lowest BCUT2D eigenvalue weighted by Crippen LogP contribution is -2.17. The van der Waals surface area contributed by atoms with Crippen molar-refractivity contribution in [2.24, 2.45) is 16.1 Å². The Morgan fingerprint density at radius 3 is 2.79 bits per heavy atom. The molecule has 1 N–H and O–H groups in total. The molecule has 3 heterocycles. The largest absolute Gasteiger partial charge is 0.319 e. The number of anilines is 1. The third-order valence-corrected chi connectivity index (χ3v) is 4.55. The summed E-state index contributed by atoms with van der Waals surface area (Å²) in [5, 5.41) is 14.7. The number of hydrogen-bond donors (Lipinski definition) is 1. The quantitative estimate of drug-likeness (QED) is 0.747. The molecule has 1 atom stereocenters. The number of azo groups is 1. The maximum atomic E-state index is 12.4. The van der Waals surface area contributed by atoms with E-state index in [9.17, 15) is 9.59 Å². The van der Waals surface area contributed by atoms with Gasteiger partial charge in [0.1, 0.15) is 0 Å². The summed E-state index contributed by atoms with van der Waals surface area (Å²) in [4.78, 5) is 32.5. The van der Waals surface area contributed by atoms with Crippen molar-refractivity contribution in [3.8, 4) is 0 Å². The average molecular weight is 383 g/mol. The van der Waals surface area contributed by atoms with Crippen LogP contribution >= 0.6 is 0 Å². The van der Waals surface area contributed by atoms with E-state index in [1.807, 2.05) is 30.4 Å². The SMILES string of the molecule is O=C(Nc1ccc(C2=C3C=CC=CC3C(=O)N=N2)cc1)c1nc2ncccn2n1. The predicted octanol–water partition coefficient (Wildman–Crippen LogP) is 2.82. The van der Waals surface area contributed by atoms with Crippen molar-refractivity contribution >= 4 is 29.0 Å². The van der Waals surface area contributed by atoms with Crippen molar-refractivity contribution in [2.45, 2.75) is 0 Å². The van der Waals surface area contributed by atoms with E-state index < -0.39 is 11.8 Å². The number of rotatable bonds is 3. The van der Waals surface area contributed by atoms with Crippen molar-refractivity contribution in [2.75, 3.05) is 5.32 Å². The number of amides is 2. The third kappa shape index (κ3) is 3.04. The molecule has 0 radical (unpaired) electrons. The van der Waals surface area contributed by atoms with Crippen molar-refractivity contribution in [3.63, 3.8) is 0 Å². The van der Waals surface area contributed by atoms with Crippen LogP contribution in [0.3, 0.4) is 0 Å². The molecule has 3 aromatic rings. The van der Waals surface area contributed by atoms with Gasteiger partial charge in [-0.05, 0) is 23.8 Å². The van der Waals surface area contributed by atoms with Gasteiger partial charge in [0.15, 0.2) is 0 Å². The van der Waals surface area contributed by atoms with Gasteiger partial charge >= 0.3 is 0 Å². The zero-order valence-corrected chi connectivity index (χ0v) is 14.9. The Balaban J connectivity index is 1.38. The van der Waals surface area contributed by atoms with Gasteiger partial charge in [0.05, 0.1) is 11.6 Å². The van der Waals surface area contributed by atoms with Crippen LogP contribution in [0.5, 0.6) is 0 Å². The smallest absolute Gasteiger partial charge is 0.295 e. The van der Waals surface area contributed by atoms with Crippen LogP contribution in [0.2, 0.25) is 0 Å². The Morgan fingerprint density at radius 2 is 1.97 bits per heavy atom. The molecule has 2 amide bonds. The van der Waals surface area contributed by atoms with Crippen LogP contribution in [0.4, 0.5) is 5.69 Å². The normalized spacial score (nSPS) is 17.7. The fraction of sp³-hybridized carbons (Fsp3) is 0.0500. The van der Waals surface area contributed by atoms with E-state index in [1.54, 1.807) is 36.7 Å². The molecule has 5 rings (SSSR count). The summed E-state index contributed by atoms with van der Waals surface area (Å²) in [6.07, 6.45) is 10.6. The first-order valence-electron chi connectivity index (χ1n) is 8.83. The minimum absolute atomic E-state index is 0.0271. The molecule has 2 aliphatic rings. The van der Waals surface area contributed by atoms with Gasteiger partial charge < -0.3 is 5.32 Å². The molecule has 0 spiro atoms. The number of benzene rings is 1. The Kier molecular flexibility index (Phi) is 3.91. The van der Waals surface area contributed by atoms with Crippen molar-refractivity contribution in [1.82, 2.24) is 19.6 Å². The molecule has 140 valence electrons. The van der Waals surface area contributed by atoms with E-state index in [1.165, 1.54) is 4.52 Å². The summed E-state index contributed by atoms with van der Waals surface area (Å²) in [6.45, 7) is 0. The van der Waals surface area contributed by atoms with Crippen LogP contribution in [0, 0.1) is 5.92 Å². The molecule has 29 heavy (non-hydrogen) atoms. The van der Waals surface area contributed by atoms with Gasteiger partial charge in [-0.2, -0.15) is 4.98 Å². The number of allylic oxidation sites excluding steroid dienone is 3. The first-order valence-corrected chi connectivity index (χ1v) is 8.83. The van der Waals surface area contributed by atoms with E-state index in [2.05, 4.69) is 30.6 Å². The summed E-state index contributed by atoms with van der Waals surface area (Å²) in [7, 11) is 0. The molecule has 0 saturated carbocycles. The molecule has 9 nitrogen and oxygen atoms in total. The van der Waals surface area contributed by atoms with E-state index in [-0.39, 0.29) is 11.7 Å². The van der Waals surface area contributed by atoms with Gasteiger partial charge in [-0.3, -0.25) is 9.59 Å². The zero-order chi connectivity index (χ0) is 19.8. The van der Waals surface area contributed by atoms with E-state index in [0.29, 0.717) is 17.2 Å². The first-order chi connectivity index (χ1) is 14.2. The first kappa shape index (κ1) is 16.9. The molecule has 9 heteroatoms. The molecule has 0 saturated heterocycles. The van der Waals surface area contributed by atoms with Gasteiger partial charge in [0.25, 0.3) is 17.6 Å². The van der Waals surface area contributed by atoms with Crippen molar-refractivity contribution in [1.29, 1.82) is 0 Å². The highest BCUT2D eigenvalue weighted by molar-refractivity contribution is 6.02. The summed E-state index contributed by atoms with van der Waals surface area (Å²) in [5.41, 5.74) is 2.83. The third-order valence-electron chi connectivity index (χ3n) is 4.55. The second-order valence-electron chi connectivity index (χ2n) is 6.40. The van der Waals surface area contributed by atoms with E-state index >= 15 is 0 Å². The second-order valence-corrected chi connectivity index (χ2v) is 6.40. The monoisotopic (exact) mass is 383 g/mol. The van der Waals surface area contributed by atoms with Gasteiger partial charge in [-0.1, -0.05) is 36.4 Å². The summed E-state index contributed by atoms with van der Waals surface area (Å²) < 4.78 is 1.43. The highest BCUT2D eigenvalue weighted by atomic mass is 16.2. The number of hydrogen-bond acceptors (Lipinski definition) is 6. The Morgan fingerprint density at radius 1 is 1.10 bits per heavy atom. The van der Waals surface area contributed by atoms with Crippen LogP contribution in [-0.4, -0.2) is 31.4 Å². The fourth-order valence-electron chi connectivity index (χ4n) is 3.15. The lowest BCUT2D eigenvalue weighted by molar-refractivity contribution is -0.119. The second kappa shape index (κ2) is 6.71. The highest BCUT2D eigenvalue weighted by Gasteiger charge is 2.27. The standard InChI is InChI=1S/C20H13N7O2/c28-18-15-5-2-1-4-14(15)16(24-25-18)12-6-8-13(9-7-12)22-19(29)17-23-20-21-10-3-11-27(20)26-17/h1-11,15H,(H,22,29). The molecule has 2 aromatic heterocycles. The number of nitrogens with zero attached hydrogens (tertiary/aromatic N) is 6. The molecule has 1 aliphatic heterocycles. The van der Waals surface area contributed by atoms with Crippen LogP contribution in [0.15, 0.2) is 82.8 Å². The van der Waals surface area contributed by atoms with E-state index in [4.69, 9.17) is 0 Å². The molecular weight excluding hydrogens is 370 g/mol. The molecule has 1 aliphatic carbocycles. The molecule has 1 aromatic carbocycles. The molecule has 0 fully saturated rings. The topological polar surface area (TPSA) is 114 Å². The molecular formula is C20H13N7O2. The predicted molar refractivity (Wildman–Crippen MR) is 104 cm³/mol. The highest BCUT2D eigenvalue weighted by Crippen LogP contribution is 2.34. The average Bonchev–Trinajstić information content (AvgIpc) is 3.20. The Hall–Kier alpha value is -4.27. The summed E-state index contributed by atoms with van der Waals surface area (Å²) in [5.74, 6) is -0.736.